The van der Waals surface area contributed by atoms with Crippen molar-refractivity contribution < 1.29 is 14.1 Å². The Labute approximate surface area is 165 Å². The smallest absolute Gasteiger partial charge is 0.325 e. The summed E-state index contributed by atoms with van der Waals surface area (Å²) in [6.07, 6.45) is 0. The van der Waals surface area contributed by atoms with Gasteiger partial charge in [-0.15, -0.1) is 11.3 Å². The van der Waals surface area contributed by atoms with Crippen LogP contribution in [0.2, 0.25) is 5.02 Å². The number of amides is 1. The topological polar surface area (TPSA) is 137 Å². The number of nitrogens with zero attached hydrogens (tertiary/aromatic N) is 3. The van der Waals surface area contributed by atoms with Gasteiger partial charge in [-0.1, -0.05) is 23.7 Å². The van der Waals surface area contributed by atoms with Gasteiger partial charge in [0.05, 0.1) is 9.95 Å². The van der Waals surface area contributed by atoms with Crippen LogP contribution in [-0.4, -0.2) is 21.8 Å². The molecule has 28 heavy (non-hydrogen) atoms. The molecular weight excluding hydrogens is 406 g/mol. The van der Waals surface area contributed by atoms with E-state index in [1.54, 1.807) is 24.3 Å². The summed E-state index contributed by atoms with van der Waals surface area (Å²) in [5, 5.41) is 14.0. The Kier molecular flexibility index (Phi) is 4.41. The quantitative estimate of drug-likeness (QED) is 0.225. The lowest BCUT2D eigenvalue weighted by molar-refractivity contribution is -0.384. The fourth-order valence-electron chi connectivity index (χ4n) is 2.53. The van der Waals surface area contributed by atoms with Crippen LogP contribution < -0.4 is 11.1 Å². The Morgan fingerprint density at radius 2 is 2.11 bits per heavy atom. The zero-order chi connectivity index (χ0) is 19.8. The molecule has 0 spiro atoms. The molecule has 4 rings (SSSR count). The second-order valence-electron chi connectivity index (χ2n) is 5.60. The summed E-state index contributed by atoms with van der Waals surface area (Å²) in [6.45, 7) is 0. The van der Waals surface area contributed by atoms with Crippen molar-refractivity contribution in [2.24, 2.45) is 10.7 Å². The number of rotatable bonds is 3. The van der Waals surface area contributed by atoms with Gasteiger partial charge in [-0.3, -0.25) is 20.2 Å². The van der Waals surface area contributed by atoms with Gasteiger partial charge in [-0.25, -0.2) is 0 Å². The number of hydrogen-bond donors (Lipinski definition) is 2. The third kappa shape index (κ3) is 3.26. The Morgan fingerprint density at radius 3 is 2.86 bits per heavy atom. The number of fused-ring (bicyclic) bond motifs is 2. The highest BCUT2D eigenvalue weighted by Crippen LogP contribution is 2.37. The minimum Gasteiger partial charge on any atom is -0.422 e. The van der Waals surface area contributed by atoms with Gasteiger partial charge in [0.25, 0.3) is 11.6 Å². The zero-order valence-corrected chi connectivity index (χ0v) is 15.5. The first kappa shape index (κ1) is 17.9. The van der Waals surface area contributed by atoms with Crippen LogP contribution in [0.5, 0.6) is 0 Å². The third-order valence-electron chi connectivity index (χ3n) is 3.77. The lowest BCUT2D eigenvalue weighted by Crippen LogP contribution is -2.36. The number of guanidine groups is 1. The summed E-state index contributed by atoms with van der Waals surface area (Å²) in [5.41, 5.74) is 6.82. The molecule has 2 aromatic heterocycles. The first-order valence-corrected chi connectivity index (χ1v) is 8.99. The van der Waals surface area contributed by atoms with Crippen molar-refractivity contribution in [1.29, 1.82) is 0 Å². The molecule has 3 N–H and O–H groups in total. The van der Waals surface area contributed by atoms with Crippen molar-refractivity contribution in [1.82, 2.24) is 10.3 Å². The molecule has 0 unspecified atom stereocenters. The van der Waals surface area contributed by atoms with Gasteiger partial charge in [-0.05, 0) is 18.2 Å². The molecule has 0 fully saturated rings. The van der Waals surface area contributed by atoms with Gasteiger partial charge in [0.1, 0.15) is 10.4 Å². The first-order valence-electron chi connectivity index (χ1n) is 7.80. The van der Waals surface area contributed by atoms with Crippen LogP contribution in [0.1, 0.15) is 9.67 Å². The molecule has 0 aliphatic rings. The first-order chi connectivity index (χ1) is 13.4. The van der Waals surface area contributed by atoms with Gasteiger partial charge in [0.15, 0.2) is 5.58 Å². The monoisotopic (exact) mass is 415 g/mol. The minimum atomic E-state index is -0.591. The molecule has 9 nitrogen and oxygen atoms in total. The molecule has 1 amide bonds. The zero-order valence-electron chi connectivity index (χ0n) is 13.9. The number of nitrogens with two attached hydrogens (primary N) is 1. The maximum Gasteiger partial charge on any atom is 0.325 e. The summed E-state index contributed by atoms with van der Waals surface area (Å²) >= 11 is 7.27. The van der Waals surface area contributed by atoms with Gasteiger partial charge < -0.3 is 10.2 Å². The Hall–Kier alpha value is -3.50. The Balaban J connectivity index is 1.60. The average Bonchev–Trinajstić information content (AvgIpc) is 3.21. The number of nitro groups is 1. The molecule has 11 heteroatoms. The van der Waals surface area contributed by atoms with Gasteiger partial charge in [0.2, 0.25) is 5.96 Å². The number of nitrogens with one attached hydrogen (secondary N) is 1. The number of benzene rings is 2. The van der Waals surface area contributed by atoms with Crippen molar-refractivity contribution in [2.75, 3.05) is 0 Å². The normalized spacial score (nSPS) is 11.8. The molecule has 0 saturated carbocycles. The summed E-state index contributed by atoms with van der Waals surface area (Å²) in [6, 6.07) is 11.3. The molecule has 0 radical (unpaired) electrons. The fourth-order valence-corrected chi connectivity index (χ4v) is 3.97. The Morgan fingerprint density at radius 1 is 1.32 bits per heavy atom. The van der Waals surface area contributed by atoms with Crippen LogP contribution >= 0.6 is 22.9 Å². The van der Waals surface area contributed by atoms with Crippen molar-refractivity contribution in [3.05, 3.63) is 62.5 Å². The van der Waals surface area contributed by atoms with Crippen molar-refractivity contribution in [2.45, 2.75) is 0 Å². The van der Waals surface area contributed by atoms with E-state index >= 15 is 0 Å². The van der Waals surface area contributed by atoms with Crippen LogP contribution in [0, 0.1) is 10.1 Å². The number of hydrogen-bond acceptors (Lipinski definition) is 7. The van der Waals surface area contributed by atoms with Gasteiger partial charge in [0, 0.05) is 22.2 Å². The molecule has 0 bridgehead atoms. The molecule has 4 aromatic rings. The number of aromatic nitrogens is 1. The second-order valence-corrected chi connectivity index (χ2v) is 7.03. The summed E-state index contributed by atoms with van der Waals surface area (Å²) in [4.78, 5) is 31.1. The molecule has 0 aliphatic heterocycles. The molecule has 0 aliphatic carbocycles. The third-order valence-corrected chi connectivity index (χ3v) is 5.43. The van der Waals surface area contributed by atoms with Crippen molar-refractivity contribution >= 4 is 67.7 Å². The molecule has 2 heterocycles. The van der Waals surface area contributed by atoms with E-state index in [1.807, 2.05) is 0 Å². The number of aliphatic imine (C=N–C) groups is 1. The van der Waals surface area contributed by atoms with E-state index in [1.165, 1.54) is 18.2 Å². The van der Waals surface area contributed by atoms with Gasteiger partial charge >= 0.3 is 6.01 Å². The number of carbonyl (C=O) groups excluding carboxylic acids is 1. The standard InChI is InChI=1S/C17H10ClN5O4S/c18-13-9-6-5-8(23(25)26)7-12(9)28-14(13)15(24)21-16(19)22-17-20-10-3-1-2-4-11(10)27-17/h1-7H,(H3,19,20,21,22,24). The number of nitro benzene ring substituents is 1. The van der Waals surface area contributed by atoms with Crippen LogP contribution in [0.25, 0.3) is 21.2 Å². The van der Waals surface area contributed by atoms with E-state index in [2.05, 4.69) is 15.3 Å². The number of carbonyl (C=O) groups is 1. The molecule has 0 saturated heterocycles. The van der Waals surface area contributed by atoms with Crippen molar-refractivity contribution in [3.8, 4) is 0 Å². The second kappa shape index (κ2) is 6.91. The SMILES string of the molecule is NC(=Nc1nc2ccccc2o1)NC(=O)c1sc2cc([N+](=O)[O-])ccc2c1Cl. The fraction of sp³-hybridized carbons (Fsp3) is 0. The maximum atomic E-state index is 12.5. The van der Waals surface area contributed by atoms with Gasteiger partial charge in [-0.2, -0.15) is 9.98 Å². The highest BCUT2D eigenvalue weighted by Gasteiger charge is 2.20. The van der Waals surface area contributed by atoms with E-state index in [0.29, 0.717) is 21.2 Å². The highest BCUT2D eigenvalue weighted by atomic mass is 35.5. The largest absolute Gasteiger partial charge is 0.422 e. The van der Waals surface area contributed by atoms with E-state index in [4.69, 9.17) is 21.8 Å². The van der Waals surface area contributed by atoms with E-state index in [0.717, 1.165) is 11.3 Å². The molecule has 0 atom stereocenters. The summed E-state index contributed by atoms with van der Waals surface area (Å²) in [7, 11) is 0. The number of non-ortho nitro benzene ring substituents is 1. The van der Waals surface area contributed by atoms with Crippen LogP contribution in [0.4, 0.5) is 11.7 Å². The lowest BCUT2D eigenvalue weighted by atomic mass is 10.2. The molecule has 140 valence electrons. The predicted molar refractivity (Wildman–Crippen MR) is 106 cm³/mol. The number of oxazole rings is 1. The summed E-state index contributed by atoms with van der Waals surface area (Å²) in [5.74, 6) is -0.817. The van der Waals surface area contributed by atoms with E-state index in [-0.39, 0.29) is 27.6 Å². The van der Waals surface area contributed by atoms with Crippen LogP contribution in [0.15, 0.2) is 51.9 Å². The van der Waals surface area contributed by atoms with Crippen LogP contribution in [0.3, 0.4) is 0 Å². The van der Waals surface area contributed by atoms with E-state index < -0.39 is 10.8 Å². The van der Waals surface area contributed by atoms with Crippen molar-refractivity contribution in [3.63, 3.8) is 0 Å². The number of halogens is 1. The maximum absolute atomic E-state index is 12.5. The lowest BCUT2D eigenvalue weighted by Gasteiger charge is -2.01. The number of para-hydroxylation sites is 2. The van der Waals surface area contributed by atoms with E-state index in [9.17, 15) is 14.9 Å². The summed E-state index contributed by atoms with van der Waals surface area (Å²) < 4.78 is 5.93. The Bertz CT molecular complexity index is 1250. The number of thiophene rings is 1. The molecule has 2 aromatic carbocycles. The van der Waals surface area contributed by atoms with Crippen LogP contribution in [-0.2, 0) is 0 Å². The minimum absolute atomic E-state index is 0.00272. The average molecular weight is 416 g/mol. The predicted octanol–water partition coefficient (Wildman–Crippen LogP) is 3.98. The highest BCUT2D eigenvalue weighted by molar-refractivity contribution is 7.21. The molecular formula is C17H10ClN5O4S.